The average Bonchev–Trinajstić information content (AvgIpc) is 3.24. The highest BCUT2D eigenvalue weighted by Crippen LogP contribution is 2.22. The average molecular weight is 421 g/mol. The molecule has 0 unspecified atom stereocenters. The molecule has 1 aromatic heterocycles. The first-order chi connectivity index (χ1) is 14.6. The van der Waals surface area contributed by atoms with Crippen LogP contribution in [0.25, 0.3) is 0 Å². The van der Waals surface area contributed by atoms with Gasteiger partial charge < -0.3 is 9.64 Å². The number of piperazine rings is 1. The fourth-order valence-corrected chi connectivity index (χ4v) is 4.60. The van der Waals surface area contributed by atoms with Crippen LogP contribution in [0.3, 0.4) is 0 Å². The van der Waals surface area contributed by atoms with Gasteiger partial charge in [-0.05, 0) is 48.1 Å². The summed E-state index contributed by atoms with van der Waals surface area (Å²) in [4.78, 5) is 18.1. The van der Waals surface area contributed by atoms with Gasteiger partial charge in [-0.2, -0.15) is 0 Å². The number of amides is 1. The number of thiophene rings is 1. The number of nitrogens with zero attached hydrogens (tertiary/aromatic N) is 2. The maximum Gasteiger partial charge on any atom is 0.264 e. The van der Waals surface area contributed by atoms with Crippen LogP contribution in [0.2, 0.25) is 0 Å². The molecule has 0 saturated carbocycles. The second-order valence-corrected chi connectivity index (χ2v) is 8.78. The van der Waals surface area contributed by atoms with Crippen LogP contribution in [0.15, 0.2) is 60.0 Å². The number of benzene rings is 2. The van der Waals surface area contributed by atoms with Crippen LogP contribution < -0.4 is 4.74 Å². The van der Waals surface area contributed by atoms with Crippen LogP contribution in [0.4, 0.5) is 0 Å². The summed E-state index contributed by atoms with van der Waals surface area (Å²) in [5, 5.41) is 2.03. The molecule has 1 saturated heterocycles. The van der Waals surface area contributed by atoms with E-state index in [1.165, 1.54) is 22.5 Å². The van der Waals surface area contributed by atoms with Crippen LogP contribution in [0.1, 0.15) is 31.9 Å². The van der Waals surface area contributed by atoms with Gasteiger partial charge in [0.2, 0.25) is 0 Å². The number of hydrogen-bond donors (Lipinski definition) is 0. The van der Waals surface area contributed by atoms with Gasteiger partial charge in [-0.25, -0.2) is 0 Å². The van der Waals surface area contributed by atoms with E-state index in [1.54, 1.807) is 0 Å². The summed E-state index contributed by atoms with van der Waals surface area (Å²) in [6.07, 6.45) is 0. The molecule has 4 nitrogen and oxygen atoms in total. The zero-order chi connectivity index (χ0) is 20.9. The van der Waals surface area contributed by atoms with Crippen molar-refractivity contribution in [3.05, 3.63) is 87.1 Å². The lowest BCUT2D eigenvalue weighted by molar-refractivity contribution is 0.0633. The van der Waals surface area contributed by atoms with Gasteiger partial charge in [-0.3, -0.25) is 9.69 Å². The van der Waals surface area contributed by atoms with Gasteiger partial charge in [0.05, 0.1) is 4.88 Å². The number of rotatable bonds is 6. The molecule has 4 rings (SSSR count). The molecular weight excluding hydrogens is 392 g/mol. The summed E-state index contributed by atoms with van der Waals surface area (Å²) in [7, 11) is 0. The largest absolute Gasteiger partial charge is 0.489 e. The maximum absolute atomic E-state index is 12.9. The number of carbonyl (C=O) groups is 1. The van der Waals surface area contributed by atoms with Crippen molar-refractivity contribution >= 4 is 17.2 Å². The van der Waals surface area contributed by atoms with E-state index in [4.69, 9.17) is 4.74 Å². The molecule has 0 spiro atoms. The van der Waals surface area contributed by atoms with E-state index in [0.29, 0.717) is 6.61 Å². The zero-order valence-corrected chi connectivity index (χ0v) is 18.5. The minimum atomic E-state index is 0.137. The molecule has 0 bridgehead atoms. The molecule has 1 fully saturated rings. The molecule has 1 aliphatic heterocycles. The summed E-state index contributed by atoms with van der Waals surface area (Å²) in [6.45, 7) is 9.01. The van der Waals surface area contributed by atoms with Crippen molar-refractivity contribution in [3.8, 4) is 5.75 Å². The number of para-hydroxylation sites is 1. The molecular formula is C25H28N2O2S. The van der Waals surface area contributed by atoms with Gasteiger partial charge in [0.25, 0.3) is 5.91 Å². The number of hydrogen-bond acceptors (Lipinski definition) is 4. The first-order valence-electron chi connectivity index (χ1n) is 10.4. The number of aryl methyl sites for hydroxylation is 2. The highest BCUT2D eigenvalue weighted by atomic mass is 32.1. The molecule has 1 aliphatic rings. The van der Waals surface area contributed by atoms with Crippen molar-refractivity contribution in [1.82, 2.24) is 9.80 Å². The number of ether oxygens (including phenoxy) is 1. The predicted octanol–water partition coefficient (Wildman–Crippen LogP) is 4.90. The van der Waals surface area contributed by atoms with E-state index >= 15 is 0 Å². The van der Waals surface area contributed by atoms with Gasteiger partial charge in [-0.15, -0.1) is 11.3 Å². The number of carbonyl (C=O) groups excluding carboxylic acids is 1. The Hall–Kier alpha value is -2.63. The van der Waals surface area contributed by atoms with Gasteiger partial charge in [0.15, 0.2) is 0 Å². The first-order valence-corrected chi connectivity index (χ1v) is 11.3. The molecule has 1 amide bonds. The third kappa shape index (κ3) is 4.91. The first kappa shape index (κ1) is 20.6. The molecule has 0 atom stereocenters. The van der Waals surface area contributed by atoms with Crippen molar-refractivity contribution in [2.45, 2.75) is 27.0 Å². The summed E-state index contributed by atoms with van der Waals surface area (Å²) in [6, 6.07) is 18.5. The topological polar surface area (TPSA) is 32.8 Å². The van der Waals surface area contributed by atoms with Gasteiger partial charge in [0, 0.05) is 38.3 Å². The smallest absolute Gasteiger partial charge is 0.264 e. The molecule has 0 N–H and O–H groups in total. The van der Waals surface area contributed by atoms with Gasteiger partial charge >= 0.3 is 0 Å². The molecule has 5 heteroatoms. The van der Waals surface area contributed by atoms with Crippen molar-refractivity contribution in [2.75, 3.05) is 26.2 Å². The Labute approximate surface area is 182 Å². The van der Waals surface area contributed by atoms with Crippen LogP contribution in [0, 0.1) is 13.8 Å². The Kier molecular flexibility index (Phi) is 6.50. The van der Waals surface area contributed by atoms with E-state index < -0.39 is 0 Å². The third-order valence-corrected chi connectivity index (χ3v) is 6.63. The quantitative estimate of drug-likeness (QED) is 0.568. The lowest BCUT2D eigenvalue weighted by Gasteiger charge is -2.34. The van der Waals surface area contributed by atoms with E-state index in [0.717, 1.165) is 54.5 Å². The van der Waals surface area contributed by atoms with Gasteiger partial charge in [-0.1, -0.05) is 42.5 Å². The molecule has 2 heterocycles. The Morgan fingerprint density at radius 3 is 2.40 bits per heavy atom. The van der Waals surface area contributed by atoms with Crippen LogP contribution >= 0.6 is 11.3 Å². The Bertz CT molecular complexity index is 1010. The Balaban J connectivity index is 1.29. The van der Waals surface area contributed by atoms with E-state index in [-0.39, 0.29) is 5.91 Å². The lowest BCUT2D eigenvalue weighted by Crippen LogP contribution is -2.48. The summed E-state index contributed by atoms with van der Waals surface area (Å²) < 4.78 is 5.92. The minimum absolute atomic E-state index is 0.137. The van der Waals surface area contributed by atoms with Crippen molar-refractivity contribution in [3.63, 3.8) is 0 Å². The van der Waals surface area contributed by atoms with E-state index in [1.807, 2.05) is 47.5 Å². The molecule has 156 valence electrons. The lowest BCUT2D eigenvalue weighted by atomic mass is 10.1. The monoisotopic (exact) mass is 420 g/mol. The van der Waals surface area contributed by atoms with Crippen LogP contribution in [-0.2, 0) is 13.2 Å². The summed E-state index contributed by atoms with van der Waals surface area (Å²) in [5.74, 6) is 1.03. The van der Waals surface area contributed by atoms with Crippen molar-refractivity contribution < 1.29 is 9.53 Å². The fourth-order valence-electron chi connectivity index (χ4n) is 3.74. The Morgan fingerprint density at radius 1 is 0.967 bits per heavy atom. The summed E-state index contributed by atoms with van der Waals surface area (Å²) in [5.41, 5.74) is 4.86. The highest BCUT2D eigenvalue weighted by molar-refractivity contribution is 7.12. The van der Waals surface area contributed by atoms with Crippen LogP contribution in [0.5, 0.6) is 5.75 Å². The summed E-state index contributed by atoms with van der Waals surface area (Å²) >= 11 is 1.51. The highest BCUT2D eigenvalue weighted by Gasteiger charge is 2.23. The molecule has 0 radical (unpaired) electrons. The fraction of sp³-hybridized carbons (Fsp3) is 0.320. The molecule has 3 aromatic rings. The van der Waals surface area contributed by atoms with Crippen LogP contribution in [-0.4, -0.2) is 41.9 Å². The van der Waals surface area contributed by atoms with Crippen molar-refractivity contribution in [2.24, 2.45) is 0 Å². The Morgan fingerprint density at radius 2 is 1.67 bits per heavy atom. The second-order valence-electron chi connectivity index (χ2n) is 7.87. The van der Waals surface area contributed by atoms with Crippen molar-refractivity contribution in [1.29, 1.82) is 0 Å². The SMILES string of the molecule is Cc1ccccc1CN1CCN(C(=O)c2cc(COc3ccccc3C)cs2)CC1. The maximum atomic E-state index is 12.9. The van der Waals surface area contributed by atoms with E-state index in [9.17, 15) is 4.79 Å². The molecule has 30 heavy (non-hydrogen) atoms. The molecule has 2 aromatic carbocycles. The second kappa shape index (κ2) is 9.45. The minimum Gasteiger partial charge on any atom is -0.489 e. The normalized spacial score (nSPS) is 14.7. The zero-order valence-electron chi connectivity index (χ0n) is 17.6. The predicted molar refractivity (Wildman–Crippen MR) is 122 cm³/mol. The standard InChI is InChI=1S/C25H28N2O2S/c1-19-7-3-5-9-22(19)16-26-11-13-27(14-12-26)25(28)24-15-21(18-30-24)17-29-23-10-6-4-8-20(23)2/h3-10,15,18H,11-14,16-17H2,1-2H3. The van der Waals surface area contributed by atoms with Gasteiger partial charge in [0.1, 0.15) is 12.4 Å². The van der Waals surface area contributed by atoms with E-state index in [2.05, 4.69) is 36.1 Å². The third-order valence-electron chi connectivity index (χ3n) is 5.67. The molecule has 0 aliphatic carbocycles.